The molecule has 0 saturated heterocycles. The number of benzene rings is 1. The molecule has 1 atom stereocenters. The minimum atomic E-state index is -1.06. The highest BCUT2D eigenvalue weighted by Crippen LogP contribution is 2.30. The van der Waals surface area contributed by atoms with Gasteiger partial charge in [-0.05, 0) is 18.6 Å². The lowest BCUT2D eigenvalue weighted by Crippen LogP contribution is -2.32. The molecule has 0 aliphatic rings. The molecule has 3 N–H and O–H groups in total. The van der Waals surface area contributed by atoms with E-state index in [1.165, 1.54) is 7.11 Å². The number of methoxy groups -OCH3 is 1. The van der Waals surface area contributed by atoms with Crippen LogP contribution in [0.3, 0.4) is 0 Å². The van der Waals surface area contributed by atoms with E-state index in [0.29, 0.717) is 16.3 Å². The fourth-order valence-corrected chi connectivity index (χ4v) is 1.64. The van der Waals surface area contributed by atoms with Crippen LogP contribution in [0.15, 0.2) is 12.1 Å². The topological polar surface area (TPSA) is 72.5 Å². The van der Waals surface area contributed by atoms with Crippen molar-refractivity contribution >= 4 is 17.6 Å². The van der Waals surface area contributed by atoms with Crippen molar-refractivity contribution in [3.8, 4) is 5.75 Å². The Morgan fingerprint density at radius 3 is 2.75 bits per heavy atom. The van der Waals surface area contributed by atoms with Crippen molar-refractivity contribution < 1.29 is 14.6 Å². The summed E-state index contributed by atoms with van der Waals surface area (Å²) in [5.41, 5.74) is 6.99. The lowest BCUT2D eigenvalue weighted by Gasteiger charge is -2.14. The van der Waals surface area contributed by atoms with Crippen molar-refractivity contribution in [2.45, 2.75) is 19.4 Å². The molecule has 4 nitrogen and oxygen atoms in total. The third kappa shape index (κ3) is 2.65. The zero-order valence-electron chi connectivity index (χ0n) is 9.16. The number of hydrogen-bond acceptors (Lipinski definition) is 3. The summed E-state index contributed by atoms with van der Waals surface area (Å²) in [5.74, 6) is -0.494. The van der Waals surface area contributed by atoms with Gasteiger partial charge in [0.25, 0.3) is 0 Å². The molecule has 0 aromatic heterocycles. The normalized spacial score (nSPS) is 12.2. The molecule has 1 unspecified atom stereocenters. The van der Waals surface area contributed by atoms with Gasteiger partial charge in [-0.15, -0.1) is 0 Å². The number of carboxylic acids is 1. The first-order valence-corrected chi connectivity index (χ1v) is 5.15. The molecule has 5 heteroatoms. The summed E-state index contributed by atoms with van der Waals surface area (Å²) in [4.78, 5) is 10.7. The highest BCUT2D eigenvalue weighted by molar-refractivity contribution is 6.32. The van der Waals surface area contributed by atoms with Gasteiger partial charge in [-0.2, -0.15) is 0 Å². The third-order valence-corrected chi connectivity index (χ3v) is 2.88. The van der Waals surface area contributed by atoms with Gasteiger partial charge in [-0.25, -0.2) is 0 Å². The molecule has 16 heavy (non-hydrogen) atoms. The first kappa shape index (κ1) is 12.8. The predicted octanol–water partition coefficient (Wildman–Crippen LogP) is 1.61. The molecule has 1 aromatic carbocycles. The average Bonchev–Trinajstić information content (AvgIpc) is 2.25. The number of nitrogens with two attached hydrogens (primary N) is 1. The Balaban J connectivity index is 3.10. The van der Waals surface area contributed by atoms with Crippen LogP contribution in [0.5, 0.6) is 5.75 Å². The molecule has 0 spiro atoms. The highest BCUT2D eigenvalue weighted by atomic mass is 35.5. The lowest BCUT2D eigenvalue weighted by molar-refractivity contribution is -0.138. The zero-order valence-corrected chi connectivity index (χ0v) is 9.91. The second kappa shape index (κ2) is 5.18. The molecule has 0 aliphatic heterocycles. The van der Waals surface area contributed by atoms with Crippen LogP contribution in [0.25, 0.3) is 0 Å². The van der Waals surface area contributed by atoms with Crippen molar-refractivity contribution in [1.29, 1.82) is 0 Å². The highest BCUT2D eigenvalue weighted by Gasteiger charge is 2.18. The molecule has 0 bridgehead atoms. The summed E-state index contributed by atoms with van der Waals surface area (Å²) in [7, 11) is 1.51. The Morgan fingerprint density at radius 2 is 2.25 bits per heavy atom. The molecule has 0 heterocycles. The first-order valence-electron chi connectivity index (χ1n) is 4.77. The van der Waals surface area contributed by atoms with Crippen LogP contribution in [-0.4, -0.2) is 24.2 Å². The Morgan fingerprint density at radius 1 is 1.62 bits per heavy atom. The summed E-state index contributed by atoms with van der Waals surface area (Å²) >= 11 is 6.10. The number of halogens is 1. The number of rotatable bonds is 4. The fraction of sp³-hybridized carbons (Fsp3) is 0.364. The largest absolute Gasteiger partial charge is 0.496 e. The maximum atomic E-state index is 10.7. The van der Waals surface area contributed by atoms with Gasteiger partial charge in [-0.1, -0.05) is 17.7 Å². The van der Waals surface area contributed by atoms with Gasteiger partial charge < -0.3 is 15.6 Å². The van der Waals surface area contributed by atoms with Gasteiger partial charge in [0.1, 0.15) is 11.8 Å². The van der Waals surface area contributed by atoms with Crippen molar-refractivity contribution in [3.05, 3.63) is 28.3 Å². The molecule has 1 rings (SSSR count). The Hall–Kier alpha value is -1.26. The standard InChI is InChI=1S/C11H14ClNO3/c1-6-3-4-9(16-2)7(10(6)12)5-8(13)11(14)15/h3-4,8H,5,13H2,1-2H3,(H,14,15). The number of aliphatic carboxylic acids is 1. The van der Waals surface area contributed by atoms with Gasteiger partial charge >= 0.3 is 5.97 Å². The maximum absolute atomic E-state index is 10.7. The number of carbonyl (C=O) groups is 1. The summed E-state index contributed by atoms with van der Waals surface area (Å²) < 4.78 is 5.13. The van der Waals surface area contributed by atoms with E-state index in [4.69, 9.17) is 27.2 Å². The van der Waals surface area contributed by atoms with E-state index in [1.807, 2.05) is 13.0 Å². The second-order valence-electron chi connectivity index (χ2n) is 3.53. The number of hydrogen-bond donors (Lipinski definition) is 2. The van der Waals surface area contributed by atoms with Crippen LogP contribution in [0.2, 0.25) is 5.02 Å². The molecule has 0 amide bonds. The summed E-state index contributed by atoms with van der Waals surface area (Å²) in [6.45, 7) is 1.84. The monoisotopic (exact) mass is 243 g/mol. The van der Waals surface area contributed by atoms with Crippen molar-refractivity contribution in [2.24, 2.45) is 5.73 Å². The van der Waals surface area contributed by atoms with Gasteiger partial charge in [-0.3, -0.25) is 4.79 Å². The summed E-state index contributed by atoms with van der Waals surface area (Å²) in [5, 5.41) is 9.27. The van der Waals surface area contributed by atoms with Gasteiger partial charge in [0.15, 0.2) is 0 Å². The molecule has 88 valence electrons. The molecule has 0 fully saturated rings. The quantitative estimate of drug-likeness (QED) is 0.843. The van der Waals surface area contributed by atoms with E-state index in [9.17, 15) is 4.79 Å². The van der Waals surface area contributed by atoms with Gasteiger partial charge in [0.2, 0.25) is 0 Å². The zero-order chi connectivity index (χ0) is 12.3. The van der Waals surface area contributed by atoms with Gasteiger partial charge in [0, 0.05) is 12.0 Å². The molecule has 0 saturated carbocycles. The minimum absolute atomic E-state index is 0.152. The minimum Gasteiger partial charge on any atom is -0.496 e. The Kier molecular flexibility index (Phi) is 4.15. The Labute approximate surface area is 99.0 Å². The predicted molar refractivity (Wildman–Crippen MR) is 62.1 cm³/mol. The second-order valence-corrected chi connectivity index (χ2v) is 3.90. The van der Waals surface area contributed by atoms with Crippen LogP contribution in [0.1, 0.15) is 11.1 Å². The fourth-order valence-electron chi connectivity index (χ4n) is 1.41. The van der Waals surface area contributed by atoms with E-state index in [1.54, 1.807) is 6.07 Å². The van der Waals surface area contributed by atoms with Crippen molar-refractivity contribution in [3.63, 3.8) is 0 Å². The Bertz CT molecular complexity index is 406. The van der Waals surface area contributed by atoms with E-state index >= 15 is 0 Å². The van der Waals surface area contributed by atoms with E-state index in [-0.39, 0.29) is 6.42 Å². The molecule has 1 aromatic rings. The van der Waals surface area contributed by atoms with Gasteiger partial charge in [0.05, 0.1) is 12.1 Å². The van der Waals surface area contributed by atoms with E-state index in [2.05, 4.69) is 0 Å². The third-order valence-electron chi connectivity index (χ3n) is 2.35. The lowest BCUT2D eigenvalue weighted by atomic mass is 10.0. The molecular weight excluding hydrogens is 230 g/mol. The number of aryl methyl sites for hydroxylation is 1. The van der Waals surface area contributed by atoms with Crippen LogP contribution in [0, 0.1) is 6.92 Å². The van der Waals surface area contributed by atoms with Crippen LogP contribution < -0.4 is 10.5 Å². The maximum Gasteiger partial charge on any atom is 0.320 e. The molecule has 0 aliphatic carbocycles. The summed E-state index contributed by atoms with van der Waals surface area (Å²) in [6.07, 6.45) is 0.152. The van der Waals surface area contributed by atoms with Crippen LogP contribution >= 0.6 is 11.6 Å². The van der Waals surface area contributed by atoms with Crippen LogP contribution in [0.4, 0.5) is 0 Å². The number of ether oxygens (including phenoxy) is 1. The average molecular weight is 244 g/mol. The van der Waals surface area contributed by atoms with Crippen molar-refractivity contribution in [1.82, 2.24) is 0 Å². The van der Waals surface area contributed by atoms with Crippen molar-refractivity contribution in [2.75, 3.05) is 7.11 Å². The summed E-state index contributed by atoms with van der Waals surface area (Å²) in [6, 6.07) is 2.59. The van der Waals surface area contributed by atoms with Crippen LogP contribution in [-0.2, 0) is 11.2 Å². The molecular formula is C11H14ClNO3. The first-order chi connectivity index (χ1) is 7.47. The van der Waals surface area contributed by atoms with E-state index in [0.717, 1.165) is 5.56 Å². The smallest absolute Gasteiger partial charge is 0.320 e. The number of carboxylic acid groups (broad SMARTS) is 1. The van der Waals surface area contributed by atoms with E-state index < -0.39 is 12.0 Å². The SMILES string of the molecule is COc1ccc(C)c(Cl)c1CC(N)C(=O)O. The molecule has 0 radical (unpaired) electrons.